The van der Waals surface area contributed by atoms with Gasteiger partial charge < -0.3 is 19.4 Å². The van der Waals surface area contributed by atoms with Crippen molar-refractivity contribution in [2.45, 2.75) is 37.6 Å². The summed E-state index contributed by atoms with van der Waals surface area (Å²) in [5, 5.41) is 17.5. The first-order valence-electron chi connectivity index (χ1n) is 20.3. The number of aromatic nitrogens is 4. The van der Waals surface area contributed by atoms with Crippen molar-refractivity contribution in [3.8, 4) is 0 Å². The van der Waals surface area contributed by atoms with E-state index in [0.717, 1.165) is 11.1 Å². The zero-order valence-electron chi connectivity index (χ0n) is 34.3. The van der Waals surface area contributed by atoms with E-state index < -0.39 is 16.1 Å². The van der Waals surface area contributed by atoms with Crippen LogP contribution in [-0.2, 0) is 19.9 Å². The number of carbonyl (C=O) groups excluding carboxylic acids is 3. The van der Waals surface area contributed by atoms with Gasteiger partial charge in [0.1, 0.15) is 17.6 Å². The molecule has 2 atom stereocenters. The summed E-state index contributed by atoms with van der Waals surface area (Å²) in [6, 6.07) is 25.4. The molecule has 4 heterocycles. The second-order valence-corrected chi connectivity index (χ2v) is 15.2. The highest BCUT2D eigenvalue weighted by Gasteiger charge is 2.54. The van der Waals surface area contributed by atoms with Gasteiger partial charge in [0.05, 0.1) is 25.8 Å². The maximum Gasteiger partial charge on any atom is 0.400 e. The fraction of sp³-hybridized carbons (Fsp3) is 0.439. The lowest BCUT2D eigenvalue weighted by Crippen LogP contribution is -2.72. The lowest BCUT2D eigenvalue weighted by Gasteiger charge is -2.49. The average Bonchev–Trinajstić information content (AvgIpc) is 3.94. The minimum atomic E-state index is -0.540. The molecule has 3 amide bonds. The quantitative estimate of drug-likeness (QED) is 0.141. The molecule has 3 aromatic carbocycles. The molecule has 0 radical (unpaired) electrons. The van der Waals surface area contributed by atoms with E-state index in [1.807, 2.05) is 46.0 Å². The molecule has 1 aromatic heterocycles. The van der Waals surface area contributed by atoms with Crippen LogP contribution in [0.4, 0.5) is 9.18 Å². The van der Waals surface area contributed by atoms with Gasteiger partial charge in [0.2, 0.25) is 0 Å². The Morgan fingerprint density at radius 1 is 0.933 bits per heavy atom. The van der Waals surface area contributed by atoms with Gasteiger partial charge in [-0.3, -0.25) is 14.5 Å². The molecule has 318 valence electrons. The van der Waals surface area contributed by atoms with Crippen molar-refractivity contribution in [1.82, 2.24) is 56.0 Å². The molecule has 0 bridgehead atoms. The summed E-state index contributed by atoms with van der Waals surface area (Å²) in [6.07, 6.45) is 3.40. The predicted octanol–water partition coefficient (Wildman–Crippen LogP) is 2.79. The average molecular weight is 827 g/mol. The molecular formula is C41H53FN13O5+. The van der Waals surface area contributed by atoms with Crippen LogP contribution in [0.25, 0.3) is 0 Å². The normalized spacial score (nSPS) is 20.2. The van der Waals surface area contributed by atoms with Gasteiger partial charge in [0.15, 0.2) is 6.33 Å². The Morgan fingerprint density at radius 2 is 1.62 bits per heavy atom. The maximum atomic E-state index is 14.4. The molecule has 60 heavy (non-hydrogen) atoms. The molecule has 3 aliphatic heterocycles. The monoisotopic (exact) mass is 826 g/mol. The molecule has 3 aliphatic rings. The molecule has 0 aliphatic carbocycles. The third kappa shape index (κ3) is 9.14. The Morgan fingerprint density at radius 3 is 2.25 bits per heavy atom. The molecule has 0 spiro atoms. The smallest absolute Gasteiger partial charge is 0.400 e. The maximum absolute atomic E-state index is 14.4. The number of likely N-dealkylation sites (tertiary alicyclic amines) is 1. The fourth-order valence-corrected chi connectivity index (χ4v) is 8.45. The highest BCUT2D eigenvalue weighted by molar-refractivity contribution is 5.94. The van der Waals surface area contributed by atoms with Crippen LogP contribution in [0.15, 0.2) is 96.4 Å². The van der Waals surface area contributed by atoms with Crippen molar-refractivity contribution in [1.29, 1.82) is 0 Å². The third-order valence-corrected chi connectivity index (χ3v) is 11.8. The predicted molar refractivity (Wildman–Crippen MR) is 217 cm³/mol. The third-order valence-electron chi connectivity index (χ3n) is 11.8. The first kappa shape index (κ1) is 42.3. The summed E-state index contributed by atoms with van der Waals surface area (Å²) in [7, 11) is 3.36. The molecule has 18 nitrogen and oxygen atoms in total. The van der Waals surface area contributed by atoms with Crippen molar-refractivity contribution < 1.29 is 33.0 Å². The molecule has 0 saturated carbocycles. The second kappa shape index (κ2) is 19.0. The van der Waals surface area contributed by atoms with Crippen LogP contribution >= 0.6 is 0 Å². The zero-order valence-corrected chi connectivity index (χ0v) is 34.3. The number of piperidine rings is 1. The van der Waals surface area contributed by atoms with E-state index in [9.17, 15) is 18.8 Å². The van der Waals surface area contributed by atoms with Crippen LogP contribution in [0.2, 0.25) is 0 Å². The van der Waals surface area contributed by atoms with E-state index in [-0.39, 0.29) is 42.8 Å². The molecule has 2 N–H and O–H groups in total. The van der Waals surface area contributed by atoms with Crippen LogP contribution < -0.4 is 11.0 Å². The Labute approximate surface area is 348 Å². The van der Waals surface area contributed by atoms with Gasteiger partial charge in [-0.05, 0) is 83.3 Å². The molecule has 4 aromatic rings. The number of carbonyl (C=O) groups is 3. The first-order valence-corrected chi connectivity index (χ1v) is 20.3. The van der Waals surface area contributed by atoms with Crippen molar-refractivity contribution in [3.05, 3.63) is 114 Å². The van der Waals surface area contributed by atoms with Crippen LogP contribution in [0, 0.1) is 5.82 Å². The summed E-state index contributed by atoms with van der Waals surface area (Å²) in [4.78, 5) is 54.3. The number of esters is 1. The van der Waals surface area contributed by atoms with Gasteiger partial charge in [-0.1, -0.05) is 65.8 Å². The number of halogens is 1. The number of hydrogen-bond acceptors (Lipinski definition) is 13. The first-order chi connectivity index (χ1) is 29.2. The van der Waals surface area contributed by atoms with Crippen molar-refractivity contribution in [2.75, 3.05) is 79.7 Å². The zero-order chi connectivity index (χ0) is 42.1. The SMILES string of the molecule is CCOC(=O)CN1CCN(C(=O)N(C)C2(c3ccccc3)CCN(CCC(C[N+]3(NC(=O)c4ccccc4)C(n4cnnn4)=NNN3OC)c3ccc(F)cc3)CC2)CC1. The number of quaternary nitrogens is 1. The van der Waals surface area contributed by atoms with E-state index in [4.69, 9.17) is 9.57 Å². The summed E-state index contributed by atoms with van der Waals surface area (Å²) >= 11 is 0. The minimum absolute atomic E-state index is 0.0343. The van der Waals surface area contributed by atoms with Gasteiger partial charge in [-0.2, -0.15) is 11.0 Å². The molecular weight excluding hydrogens is 774 g/mol. The number of hydrazine groups is 1. The highest BCUT2D eigenvalue weighted by Crippen LogP contribution is 2.39. The standard InChI is InChI=1S/C41H52FN13O5/c1-4-60-37(56)29-51-25-27-52(28-26-51)40(58)49(2)41(35-13-9-6-10-14-35)20-23-50(24-21-41)22-19-34(32-15-17-36(42)18-16-32)30-55(45-38(57)33-11-7-5-8-12-33)39(44-47-54(55)59-3)53-31-43-46-48-53/h5-18,31,34,47H,4,19-30H2,1-3H3/p+1. The summed E-state index contributed by atoms with van der Waals surface area (Å²) in [6.45, 7) is 6.85. The number of nitrogens with one attached hydrogen (secondary N) is 2. The van der Waals surface area contributed by atoms with Crippen molar-refractivity contribution in [2.24, 2.45) is 5.10 Å². The number of ether oxygens (including phenoxy) is 1. The van der Waals surface area contributed by atoms with Gasteiger partial charge in [0.25, 0.3) is 5.91 Å². The Kier molecular flexibility index (Phi) is 13.4. The van der Waals surface area contributed by atoms with Crippen molar-refractivity contribution >= 4 is 23.9 Å². The number of hydrogen-bond donors (Lipinski definition) is 2. The van der Waals surface area contributed by atoms with Gasteiger partial charge in [0, 0.05) is 57.8 Å². The number of rotatable bonds is 14. The number of benzene rings is 3. The Bertz CT molecular complexity index is 2060. The summed E-state index contributed by atoms with van der Waals surface area (Å²) < 4.78 is 20.4. The van der Waals surface area contributed by atoms with Gasteiger partial charge in [-0.15, -0.1) is 9.78 Å². The Hall–Kier alpha value is -5.86. The van der Waals surface area contributed by atoms with Gasteiger partial charge >= 0.3 is 18.0 Å². The Balaban J connectivity index is 1.10. The topological polar surface area (TPSA) is 166 Å². The van der Waals surface area contributed by atoms with Crippen LogP contribution in [0.5, 0.6) is 0 Å². The van der Waals surface area contributed by atoms with E-state index in [1.54, 1.807) is 43.3 Å². The van der Waals surface area contributed by atoms with Crippen LogP contribution in [-0.4, -0.2) is 153 Å². The number of piperazine rings is 1. The molecule has 7 rings (SSSR count). The van der Waals surface area contributed by atoms with Gasteiger partial charge in [-0.25, -0.2) is 14.0 Å². The second-order valence-electron chi connectivity index (χ2n) is 15.2. The fourth-order valence-electron chi connectivity index (χ4n) is 8.45. The van der Waals surface area contributed by atoms with E-state index >= 15 is 0 Å². The lowest BCUT2D eigenvalue weighted by molar-refractivity contribution is -1.03. The number of tetrazole rings is 1. The highest BCUT2D eigenvalue weighted by atomic mass is 19.1. The number of nitrogens with zero attached hydrogens (tertiary/aromatic N) is 11. The number of amides is 3. The molecule has 2 unspecified atom stereocenters. The van der Waals surface area contributed by atoms with E-state index in [0.29, 0.717) is 77.2 Å². The summed E-state index contributed by atoms with van der Waals surface area (Å²) in [5.41, 5.74) is 7.80. The van der Waals surface area contributed by atoms with Crippen LogP contribution in [0.1, 0.15) is 53.6 Å². The summed E-state index contributed by atoms with van der Waals surface area (Å²) in [5.74, 6) is -1.07. The minimum Gasteiger partial charge on any atom is -0.465 e. The number of urea groups is 1. The van der Waals surface area contributed by atoms with Crippen molar-refractivity contribution in [3.63, 3.8) is 0 Å². The van der Waals surface area contributed by atoms with E-state index in [2.05, 4.69) is 48.6 Å². The molecule has 2 saturated heterocycles. The van der Waals surface area contributed by atoms with E-state index in [1.165, 1.54) is 35.5 Å². The largest absolute Gasteiger partial charge is 0.465 e. The lowest BCUT2D eigenvalue weighted by atomic mass is 9.79. The molecule has 19 heteroatoms. The number of hydrazone groups is 1. The molecule has 2 fully saturated rings. The van der Waals surface area contributed by atoms with Crippen LogP contribution in [0.3, 0.4) is 0 Å².